The number of hydrogen-bond acceptors (Lipinski definition) is 0. The highest BCUT2D eigenvalue weighted by Crippen LogP contribution is 2.24. The van der Waals surface area contributed by atoms with Gasteiger partial charge in [-0.1, -0.05) is 47.1 Å². The molecule has 1 aliphatic rings. The molecule has 1 rings (SSSR count). The molecule has 1 aliphatic carbocycles. The zero-order valence-corrected chi connectivity index (χ0v) is 14.0. The normalized spacial score (nSPS) is 31.0. The summed E-state index contributed by atoms with van der Waals surface area (Å²) in [5.41, 5.74) is 5.95. The Morgan fingerprint density at radius 1 is 0.900 bits per heavy atom. The fraction of sp³-hybridized carbons (Fsp3) is 0.600. The number of rotatable bonds is 1. The van der Waals surface area contributed by atoms with Crippen LogP contribution < -0.4 is 0 Å². The van der Waals surface area contributed by atoms with Crippen molar-refractivity contribution in [2.24, 2.45) is 5.92 Å². The molecular weight excluding hydrogens is 240 g/mol. The first kappa shape index (κ1) is 17.0. The molecule has 0 aromatic carbocycles. The number of allylic oxidation sites excluding steroid dienone is 7. The summed E-state index contributed by atoms with van der Waals surface area (Å²) in [5, 5.41) is 0. The lowest BCUT2D eigenvalue weighted by Gasteiger charge is -2.16. The van der Waals surface area contributed by atoms with Gasteiger partial charge < -0.3 is 0 Å². The van der Waals surface area contributed by atoms with E-state index in [-0.39, 0.29) is 0 Å². The van der Waals surface area contributed by atoms with Crippen molar-refractivity contribution < 1.29 is 0 Å². The molecule has 0 fully saturated rings. The molecule has 1 atom stereocenters. The molecular formula is C20H32. The van der Waals surface area contributed by atoms with E-state index < -0.39 is 0 Å². The summed E-state index contributed by atoms with van der Waals surface area (Å²) in [4.78, 5) is 0. The van der Waals surface area contributed by atoms with Crippen molar-refractivity contribution in [3.05, 3.63) is 47.1 Å². The van der Waals surface area contributed by atoms with Crippen LogP contribution in [0, 0.1) is 5.92 Å². The highest BCUT2D eigenvalue weighted by molar-refractivity contribution is 5.09. The molecule has 0 heteroatoms. The Morgan fingerprint density at radius 2 is 1.40 bits per heavy atom. The van der Waals surface area contributed by atoms with E-state index in [1.807, 2.05) is 0 Å². The highest BCUT2D eigenvalue weighted by atomic mass is 14.1. The Balaban J connectivity index is 2.77. The maximum Gasteiger partial charge on any atom is -0.0171 e. The predicted molar refractivity (Wildman–Crippen MR) is 91.9 cm³/mol. The van der Waals surface area contributed by atoms with Crippen LogP contribution in [0.5, 0.6) is 0 Å². The highest BCUT2D eigenvalue weighted by Gasteiger charge is 2.08. The Bertz CT molecular complexity index is 404. The van der Waals surface area contributed by atoms with Crippen LogP contribution in [0.2, 0.25) is 0 Å². The Morgan fingerprint density at radius 3 is 1.95 bits per heavy atom. The van der Waals surface area contributed by atoms with Gasteiger partial charge in [0.2, 0.25) is 0 Å². The fourth-order valence-corrected chi connectivity index (χ4v) is 2.71. The molecule has 0 N–H and O–H groups in total. The van der Waals surface area contributed by atoms with E-state index in [1.54, 1.807) is 11.1 Å². The van der Waals surface area contributed by atoms with Crippen LogP contribution in [0.4, 0.5) is 0 Å². The molecule has 0 aromatic heterocycles. The van der Waals surface area contributed by atoms with E-state index in [4.69, 9.17) is 0 Å². The molecule has 112 valence electrons. The van der Waals surface area contributed by atoms with Gasteiger partial charge in [0.1, 0.15) is 0 Å². The van der Waals surface area contributed by atoms with Gasteiger partial charge in [-0.25, -0.2) is 0 Å². The van der Waals surface area contributed by atoms with Gasteiger partial charge in [-0.05, 0) is 78.6 Å². The Labute approximate surface area is 126 Å². The summed E-state index contributed by atoms with van der Waals surface area (Å²) in [6.07, 6.45) is 15.7. The van der Waals surface area contributed by atoms with Crippen LogP contribution >= 0.6 is 0 Å². The van der Waals surface area contributed by atoms with Gasteiger partial charge in [0, 0.05) is 0 Å². The Kier molecular flexibility index (Phi) is 7.65. The molecule has 0 saturated carbocycles. The zero-order chi connectivity index (χ0) is 15.0. The second-order valence-electron chi connectivity index (χ2n) is 6.55. The first-order valence-electron chi connectivity index (χ1n) is 8.11. The third kappa shape index (κ3) is 6.93. The molecule has 0 radical (unpaired) electrons. The van der Waals surface area contributed by atoms with Crippen molar-refractivity contribution in [3.63, 3.8) is 0 Å². The van der Waals surface area contributed by atoms with Crippen LogP contribution in [-0.2, 0) is 0 Å². The smallest absolute Gasteiger partial charge is 0.0171 e. The second-order valence-corrected chi connectivity index (χ2v) is 6.55. The Hall–Kier alpha value is -1.04. The minimum absolute atomic E-state index is 0.647. The molecule has 0 nitrogen and oxygen atoms in total. The van der Waals surface area contributed by atoms with Crippen molar-refractivity contribution in [1.29, 1.82) is 0 Å². The van der Waals surface area contributed by atoms with Gasteiger partial charge in [0.15, 0.2) is 0 Å². The van der Waals surface area contributed by atoms with E-state index in [1.165, 1.54) is 49.7 Å². The molecule has 1 unspecified atom stereocenters. The van der Waals surface area contributed by atoms with E-state index >= 15 is 0 Å². The first-order chi connectivity index (χ1) is 9.49. The standard InChI is InChI=1S/C20H32/c1-16(2)20-14-12-18(4)10-6-8-17(3)9-7-11-19(5)13-15-20/h8,11-12,20H,1,6-7,9-10,13-15H2,2-5H3/b17-8+,18-12+,19-11+. The van der Waals surface area contributed by atoms with Gasteiger partial charge in [-0.3, -0.25) is 0 Å². The fourth-order valence-electron chi connectivity index (χ4n) is 2.71. The molecule has 0 aromatic rings. The molecule has 20 heavy (non-hydrogen) atoms. The first-order valence-corrected chi connectivity index (χ1v) is 8.11. The molecule has 0 bridgehead atoms. The van der Waals surface area contributed by atoms with Crippen LogP contribution in [0.1, 0.15) is 72.6 Å². The maximum atomic E-state index is 4.18. The number of hydrogen-bond donors (Lipinski definition) is 0. The quantitative estimate of drug-likeness (QED) is 0.462. The minimum Gasteiger partial charge on any atom is -0.0998 e. The lowest BCUT2D eigenvalue weighted by Crippen LogP contribution is -2.01. The van der Waals surface area contributed by atoms with Crippen molar-refractivity contribution in [2.45, 2.75) is 72.6 Å². The molecule has 0 heterocycles. The molecule has 0 spiro atoms. The van der Waals surface area contributed by atoms with Gasteiger partial charge in [0.25, 0.3) is 0 Å². The SMILES string of the molecule is C=C(C)C1C/C=C(\C)CC/C=C(\C)CC/C=C(\C)CC1. The van der Waals surface area contributed by atoms with E-state index in [0.717, 1.165) is 6.42 Å². The van der Waals surface area contributed by atoms with Crippen LogP contribution in [0.15, 0.2) is 47.1 Å². The summed E-state index contributed by atoms with van der Waals surface area (Å²) in [6.45, 7) is 13.2. The van der Waals surface area contributed by atoms with Gasteiger partial charge in [-0.2, -0.15) is 0 Å². The third-order valence-electron chi connectivity index (χ3n) is 4.40. The van der Waals surface area contributed by atoms with E-state index in [9.17, 15) is 0 Å². The summed E-state index contributed by atoms with van der Waals surface area (Å²) in [5.74, 6) is 0.647. The topological polar surface area (TPSA) is 0 Å². The largest absolute Gasteiger partial charge is 0.0998 e. The zero-order valence-electron chi connectivity index (χ0n) is 14.0. The average molecular weight is 272 g/mol. The molecule has 0 aliphatic heterocycles. The maximum absolute atomic E-state index is 4.18. The van der Waals surface area contributed by atoms with Crippen LogP contribution in [-0.4, -0.2) is 0 Å². The van der Waals surface area contributed by atoms with Crippen LogP contribution in [0.3, 0.4) is 0 Å². The second kappa shape index (κ2) is 9.00. The van der Waals surface area contributed by atoms with Crippen molar-refractivity contribution in [1.82, 2.24) is 0 Å². The van der Waals surface area contributed by atoms with Gasteiger partial charge in [0.05, 0.1) is 0 Å². The summed E-state index contributed by atoms with van der Waals surface area (Å²) in [6, 6.07) is 0. The van der Waals surface area contributed by atoms with Crippen molar-refractivity contribution in [3.8, 4) is 0 Å². The average Bonchev–Trinajstić information content (AvgIpc) is 2.37. The predicted octanol–water partition coefficient (Wildman–Crippen LogP) is 6.76. The molecule has 0 saturated heterocycles. The minimum atomic E-state index is 0.647. The third-order valence-corrected chi connectivity index (χ3v) is 4.40. The molecule has 0 amide bonds. The monoisotopic (exact) mass is 272 g/mol. The van der Waals surface area contributed by atoms with E-state index in [2.05, 4.69) is 52.5 Å². The lowest BCUT2D eigenvalue weighted by molar-refractivity contribution is 0.564. The van der Waals surface area contributed by atoms with Crippen molar-refractivity contribution >= 4 is 0 Å². The summed E-state index contributed by atoms with van der Waals surface area (Å²) in [7, 11) is 0. The van der Waals surface area contributed by atoms with Crippen molar-refractivity contribution in [2.75, 3.05) is 0 Å². The summed E-state index contributed by atoms with van der Waals surface area (Å²) < 4.78 is 0. The van der Waals surface area contributed by atoms with Crippen LogP contribution in [0.25, 0.3) is 0 Å². The van der Waals surface area contributed by atoms with E-state index in [0.29, 0.717) is 5.92 Å². The van der Waals surface area contributed by atoms with Gasteiger partial charge in [-0.15, -0.1) is 0 Å². The summed E-state index contributed by atoms with van der Waals surface area (Å²) >= 11 is 0. The lowest BCUT2D eigenvalue weighted by atomic mass is 9.89. The van der Waals surface area contributed by atoms with Gasteiger partial charge >= 0.3 is 0 Å².